The first kappa shape index (κ1) is 20.6. The van der Waals surface area contributed by atoms with Crippen LogP contribution in [-0.4, -0.2) is 35.8 Å². The molecule has 0 radical (unpaired) electrons. The first-order valence-electron chi connectivity index (χ1n) is 11.0. The Morgan fingerprint density at radius 1 is 1.21 bits per heavy atom. The molecule has 4 saturated carbocycles. The van der Waals surface area contributed by atoms with E-state index in [2.05, 4.69) is 19.0 Å². The van der Waals surface area contributed by atoms with Gasteiger partial charge in [0.1, 0.15) is 18.5 Å². The molecule has 0 spiro atoms. The molecular weight excluding hydrogens is 374 g/mol. The molecular formula is C21H33N3O5. The molecule has 8 nitrogen and oxygen atoms in total. The van der Waals surface area contributed by atoms with E-state index in [9.17, 15) is 14.9 Å². The van der Waals surface area contributed by atoms with E-state index in [1.54, 1.807) is 0 Å². The molecule has 4 rings (SSSR count). The molecule has 2 N–H and O–H groups in total. The van der Waals surface area contributed by atoms with Gasteiger partial charge in [-0.05, 0) is 74.0 Å². The summed E-state index contributed by atoms with van der Waals surface area (Å²) in [6, 6.07) is 0. The van der Waals surface area contributed by atoms with Crippen LogP contribution in [0.5, 0.6) is 0 Å². The van der Waals surface area contributed by atoms with Crippen LogP contribution in [0, 0.1) is 44.6 Å². The van der Waals surface area contributed by atoms with Crippen LogP contribution in [-0.2, 0) is 14.5 Å². The number of oxime groups is 1. The van der Waals surface area contributed by atoms with Crippen LogP contribution in [0.4, 0.5) is 0 Å². The number of rotatable bonds is 5. The standard InChI is InChI=1S/C21H33N3O5/c1-20-7-5-13(23-28-10-9-22)11-17(20)18(29-24(26)27)12-14-15-3-4-19(25)21(15,2)8-6-16(14)20/h14-18H,3-12,22H2,1-2H3/t14-,15-,16-,17?,18-,20+,21-/m0/s1. The minimum atomic E-state index is -0.635. The van der Waals surface area contributed by atoms with Crippen LogP contribution < -0.4 is 5.73 Å². The van der Waals surface area contributed by atoms with Gasteiger partial charge in [-0.2, -0.15) is 0 Å². The van der Waals surface area contributed by atoms with Crippen molar-refractivity contribution >= 4 is 11.5 Å². The summed E-state index contributed by atoms with van der Waals surface area (Å²) in [6.07, 6.45) is 6.20. The smallest absolute Gasteiger partial charge is 0.294 e. The van der Waals surface area contributed by atoms with E-state index in [1.807, 2.05) is 0 Å². The van der Waals surface area contributed by atoms with Crippen molar-refractivity contribution in [2.75, 3.05) is 13.2 Å². The fraction of sp³-hybridized carbons (Fsp3) is 0.905. The van der Waals surface area contributed by atoms with Crippen molar-refractivity contribution in [1.29, 1.82) is 0 Å². The zero-order chi connectivity index (χ0) is 20.8. The normalized spacial score (nSPS) is 45.3. The number of nitrogens with zero attached hydrogens (tertiary/aromatic N) is 2. The van der Waals surface area contributed by atoms with E-state index >= 15 is 0 Å². The van der Waals surface area contributed by atoms with Gasteiger partial charge >= 0.3 is 0 Å². The van der Waals surface area contributed by atoms with Crippen molar-refractivity contribution in [3.63, 3.8) is 0 Å². The van der Waals surface area contributed by atoms with Gasteiger partial charge in [-0.25, -0.2) is 0 Å². The van der Waals surface area contributed by atoms with Crippen LogP contribution in [0.1, 0.15) is 65.2 Å². The summed E-state index contributed by atoms with van der Waals surface area (Å²) in [5.74, 6) is 1.56. The Labute approximate surface area is 171 Å². The minimum absolute atomic E-state index is 0.0382. The highest BCUT2D eigenvalue weighted by atomic mass is 17.0. The second kappa shape index (κ2) is 7.52. The molecule has 0 saturated heterocycles. The highest BCUT2D eigenvalue weighted by Crippen LogP contribution is 2.65. The molecule has 0 aliphatic heterocycles. The number of nitrogens with two attached hydrogens (primary N) is 1. The first-order valence-corrected chi connectivity index (χ1v) is 11.0. The lowest BCUT2D eigenvalue weighted by Gasteiger charge is -2.61. The lowest BCUT2D eigenvalue weighted by molar-refractivity contribution is -0.772. The highest BCUT2D eigenvalue weighted by Gasteiger charge is 2.62. The lowest BCUT2D eigenvalue weighted by Crippen LogP contribution is -2.58. The molecule has 0 bridgehead atoms. The molecule has 7 atom stereocenters. The van der Waals surface area contributed by atoms with Crippen molar-refractivity contribution in [3.05, 3.63) is 10.1 Å². The predicted molar refractivity (Wildman–Crippen MR) is 106 cm³/mol. The molecule has 0 aromatic heterocycles. The van der Waals surface area contributed by atoms with Crippen LogP contribution in [0.3, 0.4) is 0 Å². The number of fused-ring (bicyclic) bond motifs is 5. The third-order valence-electron chi connectivity index (χ3n) is 8.83. The first-order chi connectivity index (χ1) is 13.8. The van der Waals surface area contributed by atoms with E-state index in [0.29, 0.717) is 56.0 Å². The molecule has 4 aliphatic rings. The topological polar surface area (TPSA) is 117 Å². The average Bonchev–Trinajstić information content (AvgIpc) is 2.97. The van der Waals surface area contributed by atoms with Gasteiger partial charge < -0.3 is 15.4 Å². The molecule has 1 unspecified atom stereocenters. The number of hydrogen-bond acceptors (Lipinski definition) is 7. The maximum absolute atomic E-state index is 12.6. The summed E-state index contributed by atoms with van der Waals surface area (Å²) in [5.41, 5.74) is 6.14. The van der Waals surface area contributed by atoms with E-state index < -0.39 is 11.2 Å². The highest BCUT2D eigenvalue weighted by molar-refractivity contribution is 5.87. The third kappa shape index (κ3) is 3.33. The van der Waals surface area contributed by atoms with Crippen molar-refractivity contribution < 1.29 is 19.6 Å². The number of carbonyl (C=O) groups is 1. The number of ketones is 1. The van der Waals surface area contributed by atoms with Gasteiger partial charge in [0.15, 0.2) is 0 Å². The Bertz CT molecular complexity index is 712. The van der Waals surface area contributed by atoms with Gasteiger partial charge in [-0.3, -0.25) is 4.79 Å². The summed E-state index contributed by atoms with van der Waals surface area (Å²) in [6.45, 7) is 5.20. The maximum Gasteiger partial charge on any atom is 0.294 e. The largest absolute Gasteiger partial charge is 0.395 e. The molecule has 0 aromatic rings. The zero-order valence-corrected chi connectivity index (χ0v) is 17.5. The minimum Gasteiger partial charge on any atom is -0.395 e. The van der Waals surface area contributed by atoms with Gasteiger partial charge in [0.25, 0.3) is 5.09 Å². The van der Waals surface area contributed by atoms with Crippen molar-refractivity contribution in [1.82, 2.24) is 0 Å². The van der Waals surface area contributed by atoms with Gasteiger partial charge in [0, 0.05) is 18.4 Å². The van der Waals surface area contributed by atoms with Gasteiger partial charge in [0.2, 0.25) is 0 Å². The van der Waals surface area contributed by atoms with Crippen molar-refractivity contribution in [3.8, 4) is 0 Å². The molecule has 8 heteroatoms. The van der Waals surface area contributed by atoms with Crippen molar-refractivity contribution in [2.45, 2.75) is 71.3 Å². The predicted octanol–water partition coefficient (Wildman–Crippen LogP) is 3.12. The lowest BCUT2D eigenvalue weighted by atomic mass is 9.44. The summed E-state index contributed by atoms with van der Waals surface area (Å²) >= 11 is 0. The Balaban J connectivity index is 1.63. The van der Waals surface area contributed by atoms with E-state index in [0.717, 1.165) is 37.8 Å². The molecule has 4 aliphatic carbocycles. The van der Waals surface area contributed by atoms with Crippen LogP contribution >= 0.6 is 0 Å². The van der Waals surface area contributed by atoms with Gasteiger partial charge in [0.05, 0.1) is 5.71 Å². The van der Waals surface area contributed by atoms with Crippen LogP contribution in [0.2, 0.25) is 0 Å². The third-order valence-corrected chi connectivity index (χ3v) is 8.83. The molecule has 162 valence electrons. The molecule has 0 aromatic carbocycles. The SMILES string of the molecule is C[C@]12CCC(=NOCCN)CC1[C@@H](O[N+](=O)[O-])C[C@@H]1[C@@H]2CC[C@]2(C)C(=O)CC[C@@H]12. The second-order valence-electron chi connectivity index (χ2n) is 9.99. The Kier molecular flexibility index (Phi) is 5.34. The Morgan fingerprint density at radius 2 is 2.00 bits per heavy atom. The second-order valence-corrected chi connectivity index (χ2v) is 9.99. The van der Waals surface area contributed by atoms with E-state index in [4.69, 9.17) is 15.4 Å². The van der Waals surface area contributed by atoms with Gasteiger partial charge in [-0.1, -0.05) is 19.0 Å². The molecule has 29 heavy (non-hydrogen) atoms. The Morgan fingerprint density at radius 3 is 2.72 bits per heavy atom. The molecule has 0 heterocycles. The summed E-state index contributed by atoms with van der Waals surface area (Å²) in [4.78, 5) is 34.5. The van der Waals surface area contributed by atoms with E-state index in [-0.39, 0.29) is 16.7 Å². The summed E-state index contributed by atoms with van der Waals surface area (Å²) < 4.78 is 0. The Hall–Kier alpha value is -1.70. The van der Waals surface area contributed by atoms with Crippen LogP contribution in [0.25, 0.3) is 0 Å². The van der Waals surface area contributed by atoms with Crippen LogP contribution in [0.15, 0.2) is 5.16 Å². The molecule has 0 amide bonds. The monoisotopic (exact) mass is 407 g/mol. The summed E-state index contributed by atoms with van der Waals surface area (Å²) in [5, 5.41) is 14.9. The summed E-state index contributed by atoms with van der Waals surface area (Å²) in [7, 11) is 0. The number of carbonyl (C=O) groups excluding carboxylic acids is 1. The zero-order valence-electron chi connectivity index (χ0n) is 17.5. The maximum atomic E-state index is 12.6. The fourth-order valence-corrected chi connectivity index (χ4v) is 7.34. The fourth-order valence-electron chi connectivity index (χ4n) is 7.34. The van der Waals surface area contributed by atoms with Crippen molar-refractivity contribution in [2.24, 2.45) is 45.4 Å². The quantitative estimate of drug-likeness (QED) is 0.425. The van der Waals surface area contributed by atoms with Gasteiger partial charge in [-0.15, -0.1) is 10.1 Å². The number of hydrogen-bond donors (Lipinski definition) is 1. The average molecular weight is 408 g/mol. The number of Topliss-reactive ketones (excluding diaryl/α,β-unsaturated/α-hetero) is 1. The van der Waals surface area contributed by atoms with E-state index in [1.165, 1.54) is 0 Å². The molecule has 4 fully saturated rings.